The van der Waals surface area contributed by atoms with Crippen molar-refractivity contribution in [3.8, 4) is 0 Å². The van der Waals surface area contributed by atoms with Crippen LogP contribution in [0.1, 0.15) is 21.6 Å². The minimum atomic E-state index is -0.580. The van der Waals surface area contributed by atoms with Crippen molar-refractivity contribution in [1.82, 2.24) is 10.2 Å². The van der Waals surface area contributed by atoms with Gasteiger partial charge in [0.25, 0.3) is 5.91 Å². The van der Waals surface area contributed by atoms with Crippen LogP contribution in [-0.4, -0.2) is 23.2 Å². The van der Waals surface area contributed by atoms with E-state index in [1.165, 1.54) is 0 Å². The molecule has 4 N–H and O–H groups in total. The van der Waals surface area contributed by atoms with Crippen LogP contribution in [-0.2, 0) is 13.1 Å². The first-order chi connectivity index (χ1) is 9.60. The molecule has 0 fully saturated rings. The standard InChI is InChI=1S/C14H17N5O/c1-19(9-11-4-2-10(8-15)3-5-11)13-7-6-12(14(16)20)17-18-13/h2-7H,8-9,15H2,1H3,(H2,16,20). The lowest BCUT2D eigenvalue weighted by molar-refractivity contribution is 0.0994. The average Bonchev–Trinajstić information content (AvgIpc) is 2.48. The Labute approximate surface area is 117 Å². The van der Waals surface area contributed by atoms with Crippen LogP contribution < -0.4 is 16.4 Å². The molecule has 6 heteroatoms. The molecule has 2 aromatic rings. The second kappa shape index (κ2) is 6.12. The molecule has 0 bridgehead atoms. The number of aromatic nitrogens is 2. The summed E-state index contributed by atoms with van der Waals surface area (Å²) in [5.74, 6) is 0.0991. The summed E-state index contributed by atoms with van der Waals surface area (Å²) in [4.78, 5) is 12.9. The Morgan fingerprint density at radius 2 is 1.75 bits per heavy atom. The molecule has 0 unspecified atom stereocenters. The molecule has 20 heavy (non-hydrogen) atoms. The van der Waals surface area contributed by atoms with Gasteiger partial charge in [0.1, 0.15) is 0 Å². The second-order valence-corrected chi connectivity index (χ2v) is 4.52. The van der Waals surface area contributed by atoms with E-state index < -0.39 is 5.91 Å². The number of nitrogens with two attached hydrogens (primary N) is 2. The molecule has 2 rings (SSSR count). The molecule has 0 aliphatic carbocycles. The molecule has 6 nitrogen and oxygen atoms in total. The average molecular weight is 271 g/mol. The van der Waals surface area contributed by atoms with Crippen LogP contribution in [0.2, 0.25) is 0 Å². The van der Waals surface area contributed by atoms with E-state index in [9.17, 15) is 4.79 Å². The fourth-order valence-electron chi connectivity index (χ4n) is 1.80. The fourth-order valence-corrected chi connectivity index (χ4v) is 1.80. The molecular weight excluding hydrogens is 254 g/mol. The van der Waals surface area contributed by atoms with Crippen molar-refractivity contribution in [2.45, 2.75) is 13.1 Å². The summed E-state index contributed by atoms with van der Waals surface area (Å²) in [7, 11) is 1.91. The van der Waals surface area contributed by atoms with Gasteiger partial charge in [-0.25, -0.2) is 0 Å². The number of hydrogen-bond acceptors (Lipinski definition) is 5. The van der Waals surface area contributed by atoms with Crippen molar-refractivity contribution in [3.05, 3.63) is 53.2 Å². The SMILES string of the molecule is CN(Cc1ccc(CN)cc1)c1ccc(C(N)=O)nn1. The molecule has 1 aromatic heterocycles. The predicted octanol–water partition coefficient (Wildman–Crippen LogP) is 0.671. The third-order valence-electron chi connectivity index (χ3n) is 2.97. The molecule has 1 amide bonds. The van der Waals surface area contributed by atoms with Crippen LogP contribution in [0.4, 0.5) is 5.82 Å². The highest BCUT2D eigenvalue weighted by Gasteiger charge is 2.07. The molecule has 0 spiro atoms. The number of anilines is 1. The summed E-state index contributed by atoms with van der Waals surface area (Å²) in [6.45, 7) is 1.23. The molecule has 0 saturated carbocycles. The van der Waals surface area contributed by atoms with Gasteiger partial charge in [0, 0.05) is 20.1 Å². The highest BCUT2D eigenvalue weighted by Crippen LogP contribution is 2.12. The summed E-state index contributed by atoms with van der Waals surface area (Å²) >= 11 is 0. The second-order valence-electron chi connectivity index (χ2n) is 4.52. The number of benzene rings is 1. The smallest absolute Gasteiger partial charge is 0.269 e. The number of amides is 1. The van der Waals surface area contributed by atoms with Crippen molar-refractivity contribution in [2.24, 2.45) is 11.5 Å². The minimum Gasteiger partial charge on any atom is -0.364 e. The largest absolute Gasteiger partial charge is 0.364 e. The van der Waals surface area contributed by atoms with Crippen LogP contribution in [0, 0.1) is 0 Å². The van der Waals surface area contributed by atoms with E-state index in [4.69, 9.17) is 11.5 Å². The van der Waals surface area contributed by atoms with Gasteiger partial charge in [0.2, 0.25) is 0 Å². The van der Waals surface area contributed by atoms with Crippen LogP contribution in [0.15, 0.2) is 36.4 Å². The Morgan fingerprint density at radius 3 is 2.25 bits per heavy atom. The van der Waals surface area contributed by atoms with E-state index in [1.807, 2.05) is 36.2 Å². The van der Waals surface area contributed by atoms with Crippen molar-refractivity contribution in [2.75, 3.05) is 11.9 Å². The third kappa shape index (κ3) is 3.30. The van der Waals surface area contributed by atoms with Gasteiger partial charge in [-0.2, -0.15) is 0 Å². The van der Waals surface area contributed by atoms with Gasteiger partial charge in [0.05, 0.1) is 0 Å². The third-order valence-corrected chi connectivity index (χ3v) is 2.97. The van der Waals surface area contributed by atoms with Gasteiger partial charge >= 0.3 is 0 Å². The lowest BCUT2D eigenvalue weighted by Crippen LogP contribution is -2.20. The Morgan fingerprint density at radius 1 is 1.10 bits per heavy atom. The Bertz CT molecular complexity index is 580. The molecular formula is C14H17N5O. The molecule has 0 saturated heterocycles. The van der Waals surface area contributed by atoms with Gasteiger partial charge in [-0.15, -0.1) is 10.2 Å². The topological polar surface area (TPSA) is 98.1 Å². The normalized spacial score (nSPS) is 10.3. The van der Waals surface area contributed by atoms with Crippen LogP contribution in [0.3, 0.4) is 0 Å². The van der Waals surface area contributed by atoms with E-state index in [2.05, 4.69) is 10.2 Å². The number of carbonyl (C=O) groups excluding carboxylic acids is 1. The van der Waals surface area contributed by atoms with E-state index >= 15 is 0 Å². The van der Waals surface area contributed by atoms with Crippen LogP contribution in [0.25, 0.3) is 0 Å². The van der Waals surface area contributed by atoms with Crippen molar-refractivity contribution in [1.29, 1.82) is 0 Å². The summed E-state index contributed by atoms with van der Waals surface area (Å²) in [5, 5.41) is 7.77. The summed E-state index contributed by atoms with van der Waals surface area (Å²) in [5.41, 5.74) is 13.1. The van der Waals surface area contributed by atoms with E-state index in [0.29, 0.717) is 18.9 Å². The maximum Gasteiger partial charge on any atom is 0.269 e. The van der Waals surface area contributed by atoms with Gasteiger partial charge < -0.3 is 16.4 Å². The maximum absolute atomic E-state index is 10.9. The Hall–Kier alpha value is -2.47. The zero-order valence-electron chi connectivity index (χ0n) is 11.3. The zero-order chi connectivity index (χ0) is 14.5. The predicted molar refractivity (Wildman–Crippen MR) is 77.0 cm³/mol. The van der Waals surface area contributed by atoms with E-state index in [-0.39, 0.29) is 5.69 Å². The quantitative estimate of drug-likeness (QED) is 0.833. The number of carbonyl (C=O) groups is 1. The first-order valence-corrected chi connectivity index (χ1v) is 6.22. The monoisotopic (exact) mass is 271 g/mol. The van der Waals surface area contributed by atoms with Gasteiger partial charge in [-0.3, -0.25) is 4.79 Å². The summed E-state index contributed by atoms with van der Waals surface area (Å²) in [6, 6.07) is 11.4. The fraction of sp³-hybridized carbons (Fsp3) is 0.214. The highest BCUT2D eigenvalue weighted by atomic mass is 16.1. The lowest BCUT2D eigenvalue weighted by atomic mass is 10.1. The van der Waals surface area contributed by atoms with Crippen molar-refractivity contribution >= 4 is 11.7 Å². The number of primary amides is 1. The molecule has 0 radical (unpaired) electrons. The zero-order valence-corrected chi connectivity index (χ0v) is 11.3. The Kier molecular flexibility index (Phi) is 4.27. The minimum absolute atomic E-state index is 0.162. The van der Waals surface area contributed by atoms with Crippen molar-refractivity contribution < 1.29 is 4.79 Å². The first kappa shape index (κ1) is 14.0. The summed E-state index contributed by atoms with van der Waals surface area (Å²) < 4.78 is 0. The Balaban J connectivity index is 2.06. The molecule has 0 aliphatic rings. The van der Waals surface area contributed by atoms with E-state index in [1.54, 1.807) is 12.1 Å². The van der Waals surface area contributed by atoms with Gasteiger partial charge in [0.15, 0.2) is 11.5 Å². The molecule has 0 aliphatic heterocycles. The van der Waals surface area contributed by atoms with Crippen LogP contribution >= 0.6 is 0 Å². The molecule has 1 heterocycles. The number of hydrogen-bond donors (Lipinski definition) is 2. The molecule has 0 atom stereocenters. The molecule has 104 valence electrons. The molecule has 1 aromatic carbocycles. The number of rotatable bonds is 5. The first-order valence-electron chi connectivity index (χ1n) is 6.22. The highest BCUT2D eigenvalue weighted by molar-refractivity contribution is 5.90. The lowest BCUT2D eigenvalue weighted by Gasteiger charge is -2.17. The van der Waals surface area contributed by atoms with Gasteiger partial charge in [-0.1, -0.05) is 24.3 Å². The number of nitrogens with zero attached hydrogens (tertiary/aromatic N) is 3. The van der Waals surface area contributed by atoms with Crippen molar-refractivity contribution in [3.63, 3.8) is 0 Å². The van der Waals surface area contributed by atoms with Gasteiger partial charge in [-0.05, 0) is 23.3 Å². The van der Waals surface area contributed by atoms with Crippen LogP contribution in [0.5, 0.6) is 0 Å². The summed E-state index contributed by atoms with van der Waals surface area (Å²) in [6.07, 6.45) is 0. The maximum atomic E-state index is 10.9. The van der Waals surface area contributed by atoms with E-state index in [0.717, 1.165) is 11.1 Å².